The third-order valence-electron chi connectivity index (χ3n) is 4.04. The van der Waals surface area contributed by atoms with Crippen LogP contribution in [0, 0.1) is 0 Å². The van der Waals surface area contributed by atoms with Crippen LogP contribution in [0.15, 0.2) is 41.3 Å². The molecule has 1 amide bonds. The van der Waals surface area contributed by atoms with E-state index in [0.717, 1.165) is 20.9 Å². The standard InChI is InChI=1S/C18H18ClN3O3S2/c1-4-11-5-8-15-16(9-11)26-18(20-15)21-17(23)13-10-12(6-7-14(13)19)27(24,25)22(2)3/h5-10H,4H2,1-3H3,(H,20,21,23). The number of fused-ring (bicyclic) bond motifs is 1. The Bertz CT molecular complexity index is 1120. The second-order valence-electron chi connectivity index (χ2n) is 6.06. The van der Waals surface area contributed by atoms with E-state index in [1.54, 1.807) is 0 Å². The number of rotatable bonds is 5. The van der Waals surface area contributed by atoms with Gasteiger partial charge in [-0.2, -0.15) is 0 Å². The van der Waals surface area contributed by atoms with Crippen LogP contribution in [0.2, 0.25) is 5.02 Å². The fourth-order valence-corrected chi connectivity index (χ4v) is 4.51. The minimum absolute atomic E-state index is 0.000984. The molecule has 1 N–H and O–H groups in total. The molecule has 27 heavy (non-hydrogen) atoms. The van der Waals surface area contributed by atoms with Gasteiger partial charge >= 0.3 is 0 Å². The van der Waals surface area contributed by atoms with Crippen molar-refractivity contribution in [2.24, 2.45) is 0 Å². The number of aryl methyl sites for hydroxylation is 1. The Labute approximate surface area is 166 Å². The van der Waals surface area contributed by atoms with E-state index in [-0.39, 0.29) is 15.5 Å². The van der Waals surface area contributed by atoms with Crippen molar-refractivity contribution >= 4 is 54.2 Å². The average Bonchev–Trinajstić information content (AvgIpc) is 3.02. The van der Waals surface area contributed by atoms with Gasteiger partial charge in [-0.05, 0) is 42.3 Å². The lowest BCUT2D eigenvalue weighted by Gasteiger charge is -2.13. The summed E-state index contributed by atoms with van der Waals surface area (Å²) in [6, 6.07) is 10.0. The molecule has 0 aliphatic carbocycles. The molecule has 0 saturated carbocycles. The molecule has 0 atom stereocenters. The number of halogens is 1. The number of anilines is 1. The summed E-state index contributed by atoms with van der Waals surface area (Å²) in [5.41, 5.74) is 2.06. The van der Waals surface area contributed by atoms with Gasteiger partial charge in [0.25, 0.3) is 5.91 Å². The molecule has 0 aliphatic rings. The highest BCUT2D eigenvalue weighted by atomic mass is 35.5. The molecule has 1 heterocycles. The van der Waals surface area contributed by atoms with Crippen molar-refractivity contribution in [2.45, 2.75) is 18.2 Å². The number of amides is 1. The fraction of sp³-hybridized carbons (Fsp3) is 0.222. The summed E-state index contributed by atoms with van der Waals surface area (Å²) < 4.78 is 26.6. The molecule has 1 aromatic heterocycles. The zero-order chi connectivity index (χ0) is 19.8. The van der Waals surface area contributed by atoms with E-state index >= 15 is 0 Å². The smallest absolute Gasteiger partial charge is 0.259 e. The zero-order valence-electron chi connectivity index (χ0n) is 15.0. The Morgan fingerprint density at radius 1 is 1.22 bits per heavy atom. The molecule has 0 aliphatic heterocycles. The van der Waals surface area contributed by atoms with Crippen molar-refractivity contribution in [2.75, 3.05) is 19.4 Å². The molecule has 0 unspecified atom stereocenters. The van der Waals surface area contributed by atoms with E-state index in [2.05, 4.69) is 17.2 Å². The van der Waals surface area contributed by atoms with Crippen molar-refractivity contribution < 1.29 is 13.2 Å². The van der Waals surface area contributed by atoms with Crippen molar-refractivity contribution in [1.82, 2.24) is 9.29 Å². The molecule has 0 saturated heterocycles. The highest BCUT2D eigenvalue weighted by Crippen LogP contribution is 2.28. The lowest BCUT2D eigenvalue weighted by Crippen LogP contribution is -2.23. The molecule has 9 heteroatoms. The second kappa shape index (κ2) is 7.55. The SMILES string of the molecule is CCc1ccc2nc(NC(=O)c3cc(S(=O)(=O)N(C)C)ccc3Cl)sc2c1. The fourth-order valence-electron chi connectivity index (χ4n) is 2.46. The summed E-state index contributed by atoms with van der Waals surface area (Å²) in [5.74, 6) is -0.509. The van der Waals surface area contributed by atoms with Crippen LogP contribution >= 0.6 is 22.9 Å². The summed E-state index contributed by atoms with van der Waals surface area (Å²) in [6.07, 6.45) is 0.915. The molecule has 0 fully saturated rings. The van der Waals surface area contributed by atoms with Gasteiger partial charge in [0.2, 0.25) is 10.0 Å². The van der Waals surface area contributed by atoms with E-state index < -0.39 is 15.9 Å². The Balaban J connectivity index is 1.92. The number of carbonyl (C=O) groups excluding carboxylic acids is 1. The predicted molar refractivity (Wildman–Crippen MR) is 109 cm³/mol. The van der Waals surface area contributed by atoms with Gasteiger partial charge in [0.05, 0.1) is 25.7 Å². The Kier molecular flexibility index (Phi) is 5.53. The second-order valence-corrected chi connectivity index (χ2v) is 9.65. The average molecular weight is 424 g/mol. The maximum Gasteiger partial charge on any atom is 0.259 e. The third-order valence-corrected chi connectivity index (χ3v) is 7.12. The molecular weight excluding hydrogens is 406 g/mol. The number of aromatic nitrogens is 1. The summed E-state index contributed by atoms with van der Waals surface area (Å²) in [7, 11) is -0.817. The molecule has 0 bridgehead atoms. The maximum atomic E-state index is 12.6. The van der Waals surface area contributed by atoms with Gasteiger partial charge in [0.1, 0.15) is 0 Å². The summed E-state index contributed by atoms with van der Waals surface area (Å²) in [6.45, 7) is 2.07. The van der Waals surface area contributed by atoms with Gasteiger partial charge in [-0.25, -0.2) is 17.7 Å². The van der Waals surface area contributed by atoms with Gasteiger partial charge in [-0.1, -0.05) is 35.9 Å². The number of hydrogen-bond donors (Lipinski definition) is 1. The maximum absolute atomic E-state index is 12.6. The van der Waals surface area contributed by atoms with E-state index in [1.165, 1.54) is 49.2 Å². The van der Waals surface area contributed by atoms with Gasteiger partial charge in [0.15, 0.2) is 5.13 Å². The highest BCUT2D eigenvalue weighted by Gasteiger charge is 2.21. The number of sulfonamides is 1. The van der Waals surface area contributed by atoms with Gasteiger partial charge < -0.3 is 0 Å². The van der Waals surface area contributed by atoms with Crippen molar-refractivity contribution in [1.29, 1.82) is 0 Å². The first-order chi connectivity index (χ1) is 12.7. The number of thiazole rings is 1. The first kappa shape index (κ1) is 19.8. The first-order valence-electron chi connectivity index (χ1n) is 8.15. The van der Waals surface area contributed by atoms with Crippen molar-refractivity contribution in [3.63, 3.8) is 0 Å². The van der Waals surface area contributed by atoms with Crippen LogP contribution in [-0.2, 0) is 16.4 Å². The number of nitrogens with zero attached hydrogens (tertiary/aromatic N) is 2. The number of carbonyl (C=O) groups is 1. The third kappa shape index (κ3) is 3.98. The molecule has 6 nitrogen and oxygen atoms in total. The van der Waals surface area contributed by atoms with Crippen LogP contribution in [0.1, 0.15) is 22.8 Å². The van der Waals surface area contributed by atoms with Gasteiger partial charge in [0, 0.05) is 14.1 Å². The Morgan fingerprint density at radius 2 is 1.96 bits per heavy atom. The molecule has 2 aromatic carbocycles. The minimum Gasteiger partial charge on any atom is -0.298 e. The van der Waals surface area contributed by atoms with Gasteiger partial charge in [-0.15, -0.1) is 0 Å². The molecule has 0 radical (unpaired) electrons. The Morgan fingerprint density at radius 3 is 2.63 bits per heavy atom. The van der Waals surface area contributed by atoms with Crippen molar-refractivity contribution in [3.05, 3.63) is 52.5 Å². The molecule has 3 aromatic rings. The summed E-state index contributed by atoms with van der Waals surface area (Å²) in [4.78, 5) is 17.0. The van der Waals surface area contributed by atoms with Crippen LogP contribution in [0.5, 0.6) is 0 Å². The molecule has 142 valence electrons. The molecular formula is C18H18ClN3O3S2. The normalized spacial score (nSPS) is 11.9. The van der Waals surface area contributed by atoms with Crippen LogP contribution < -0.4 is 5.32 Å². The quantitative estimate of drug-likeness (QED) is 0.672. The Hall–Kier alpha value is -2.00. The van der Waals surface area contributed by atoms with Crippen LogP contribution in [0.4, 0.5) is 5.13 Å². The lowest BCUT2D eigenvalue weighted by molar-refractivity contribution is 0.102. The van der Waals surface area contributed by atoms with Crippen LogP contribution in [0.25, 0.3) is 10.2 Å². The monoisotopic (exact) mass is 423 g/mol. The van der Waals surface area contributed by atoms with E-state index in [4.69, 9.17) is 11.6 Å². The van der Waals surface area contributed by atoms with Gasteiger partial charge in [-0.3, -0.25) is 10.1 Å². The number of benzene rings is 2. The first-order valence-corrected chi connectivity index (χ1v) is 10.8. The molecule has 0 spiro atoms. The van der Waals surface area contributed by atoms with Crippen molar-refractivity contribution in [3.8, 4) is 0 Å². The van der Waals surface area contributed by atoms with E-state index in [9.17, 15) is 13.2 Å². The lowest BCUT2D eigenvalue weighted by atomic mass is 10.2. The minimum atomic E-state index is -3.67. The van der Waals surface area contributed by atoms with Crippen LogP contribution in [-0.4, -0.2) is 37.7 Å². The molecule has 3 rings (SSSR count). The summed E-state index contributed by atoms with van der Waals surface area (Å²) in [5, 5.41) is 3.31. The van der Waals surface area contributed by atoms with E-state index in [0.29, 0.717) is 5.13 Å². The predicted octanol–water partition coefficient (Wildman–Crippen LogP) is 4.01. The van der Waals surface area contributed by atoms with E-state index in [1.807, 2.05) is 18.2 Å². The highest BCUT2D eigenvalue weighted by molar-refractivity contribution is 7.89. The summed E-state index contributed by atoms with van der Waals surface area (Å²) >= 11 is 7.48. The largest absolute Gasteiger partial charge is 0.298 e. The number of nitrogens with one attached hydrogen (secondary N) is 1. The zero-order valence-corrected chi connectivity index (χ0v) is 17.4. The van der Waals surface area contributed by atoms with Crippen LogP contribution in [0.3, 0.4) is 0 Å². The topological polar surface area (TPSA) is 79.4 Å². The number of hydrogen-bond acceptors (Lipinski definition) is 5.